The summed E-state index contributed by atoms with van der Waals surface area (Å²) in [6.45, 7) is 0. The van der Waals surface area contributed by atoms with Crippen molar-refractivity contribution in [3.63, 3.8) is 0 Å². The molecule has 2 aromatic carbocycles. The lowest BCUT2D eigenvalue weighted by atomic mass is 10.0. The Balaban J connectivity index is 1.58. The van der Waals surface area contributed by atoms with E-state index in [2.05, 4.69) is 15.0 Å². The molecule has 30 heavy (non-hydrogen) atoms. The van der Waals surface area contributed by atoms with Crippen LogP contribution in [0.1, 0.15) is 34.3 Å². The first kappa shape index (κ1) is 20.1. The molecule has 0 saturated carbocycles. The fourth-order valence-corrected chi connectivity index (χ4v) is 3.92. The van der Waals surface area contributed by atoms with Crippen LogP contribution in [0.25, 0.3) is 11.3 Å². The Bertz CT molecular complexity index is 1120. The second kappa shape index (κ2) is 7.91. The zero-order valence-electron chi connectivity index (χ0n) is 15.5. The fourth-order valence-electron chi connectivity index (χ4n) is 3.29. The number of anilines is 2. The van der Waals surface area contributed by atoms with Crippen molar-refractivity contribution in [3.8, 4) is 11.3 Å². The number of nitrogens with zero attached hydrogens (tertiary/aromatic N) is 1. The van der Waals surface area contributed by atoms with E-state index in [9.17, 15) is 22.8 Å². The Labute approximate surface area is 174 Å². The minimum Gasteiger partial charge on any atom is -0.326 e. The van der Waals surface area contributed by atoms with Crippen molar-refractivity contribution in [2.45, 2.75) is 25.4 Å². The molecule has 1 aliphatic heterocycles. The maximum atomic E-state index is 13.0. The molecule has 0 spiro atoms. The molecule has 0 fully saturated rings. The van der Waals surface area contributed by atoms with E-state index in [1.54, 1.807) is 23.6 Å². The molecule has 0 bridgehead atoms. The maximum absolute atomic E-state index is 13.0. The Morgan fingerprint density at radius 2 is 1.97 bits per heavy atom. The molecule has 1 aliphatic rings. The number of benzene rings is 2. The van der Waals surface area contributed by atoms with Gasteiger partial charge in [0.25, 0.3) is 5.91 Å². The van der Waals surface area contributed by atoms with Gasteiger partial charge in [-0.25, -0.2) is 0 Å². The van der Waals surface area contributed by atoms with Crippen LogP contribution in [0.15, 0.2) is 47.8 Å². The van der Waals surface area contributed by atoms with Gasteiger partial charge in [0.05, 0.1) is 11.3 Å². The highest BCUT2D eigenvalue weighted by molar-refractivity contribution is 7.04. The number of hydrogen-bond donors (Lipinski definition) is 2. The highest BCUT2D eigenvalue weighted by atomic mass is 32.1. The lowest BCUT2D eigenvalue weighted by molar-refractivity contribution is -0.137. The molecule has 154 valence electrons. The third-order valence-corrected chi connectivity index (χ3v) is 5.40. The molecule has 0 saturated heterocycles. The second-order valence-corrected chi connectivity index (χ2v) is 7.51. The first-order valence-electron chi connectivity index (χ1n) is 9.17. The van der Waals surface area contributed by atoms with E-state index in [1.807, 2.05) is 0 Å². The van der Waals surface area contributed by atoms with Crippen molar-refractivity contribution < 1.29 is 22.8 Å². The number of carbonyl (C=O) groups excluding carboxylic acids is 2. The number of nitrogens with one attached hydrogen (secondary N) is 2. The summed E-state index contributed by atoms with van der Waals surface area (Å²) >= 11 is 1.04. The molecule has 5 nitrogen and oxygen atoms in total. The molecule has 2 N–H and O–H groups in total. The predicted octanol–water partition coefficient (Wildman–Crippen LogP) is 5.36. The number of halogens is 3. The number of carbonyl (C=O) groups is 2. The van der Waals surface area contributed by atoms with Gasteiger partial charge in [-0.3, -0.25) is 9.59 Å². The number of fused-ring (bicyclic) bond motifs is 1. The van der Waals surface area contributed by atoms with E-state index >= 15 is 0 Å². The summed E-state index contributed by atoms with van der Waals surface area (Å²) in [6, 6.07) is 9.84. The topological polar surface area (TPSA) is 71.1 Å². The van der Waals surface area contributed by atoms with Gasteiger partial charge >= 0.3 is 6.18 Å². The molecular formula is C21H16F3N3O2S. The fraction of sp³-hybridized carbons (Fsp3) is 0.190. The third-order valence-electron chi connectivity index (χ3n) is 4.77. The van der Waals surface area contributed by atoms with E-state index in [-0.39, 0.29) is 17.2 Å². The monoisotopic (exact) mass is 431 g/mol. The Kier molecular flexibility index (Phi) is 5.29. The number of alkyl halides is 3. The van der Waals surface area contributed by atoms with Gasteiger partial charge in [0.1, 0.15) is 5.69 Å². The van der Waals surface area contributed by atoms with E-state index in [0.29, 0.717) is 36.2 Å². The molecule has 0 unspecified atom stereocenters. The predicted molar refractivity (Wildman–Crippen MR) is 109 cm³/mol. The Morgan fingerprint density at radius 3 is 2.77 bits per heavy atom. The zero-order chi connectivity index (χ0) is 21.3. The molecule has 4 rings (SSSR count). The standard InChI is InChI=1S/C21H16F3N3O2S/c22-21(23,24)15-5-1-4-13(10-15)19-17(11-30-27-19)26-20(29)14-7-8-16-12(9-14)3-2-6-18(28)25-16/h1,4-5,7-11H,2-3,6H2,(H,25,28)(H,26,29). The number of aromatic nitrogens is 1. The van der Waals surface area contributed by atoms with Crippen LogP contribution in [0.3, 0.4) is 0 Å². The minimum atomic E-state index is -4.47. The largest absolute Gasteiger partial charge is 0.416 e. The van der Waals surface area contributed by atoms with Crippen LogP contribution < -0.4 is 10.6 Å². The summed E-state index contributed by atoms with van der Waals surface area (Å²) in [7, 11) is 0. The number of hydrogen-bond acceptors (Lipinski definition) is 4. The zero-order valence-corrected chi connectivity index (χ0v) is 16.4. The molecule has 1 aromatic heterocycles. The van der Waals surface area contributed by atoms with Crippen LogP contribution in [0.5, 0.6) is 0 Å². The molecule has 9 heteroatoms. The van der Waals surface area contributed by atoms with Gasteiger partial charge in [-0.05, 0) is 60.3 Å². The Hall–Kier alpha value is -3.20. The second-order valence-electron chi connectivity index (χ2n) is 6.88. The average molecular weight is 431 g/mol. The van der Waals surface area contributed by atoms with Gasteiger partial charge < -0.3 is 10.6 Å². The summed E-state index contributed by atoms with van der Waals surface area (Å²) in [5, 5.41) is 7.13. The smallest absolute Gasteiger partial charge is 0.326 e. The molecule has 2 amide bonds. The first-order chi connectivity index (χ1) is 14.3. The van der Waals surface area contributed by atoms with Gasteiger partial charge in [0.2, 0.25) is 5.91 Å². The first-order valence-corrected chi connectivity index (χ1v) is 10.0. The van der Waals surface area contributed by atoms with E-state index in [4.69, 9.17) is 0 Å². The van der Waals surface area contributed by atoms with E-state index in [1.165, 1.54) is 12.1 Å². The highest BCUT2D eigenvalue weighted by Crippen LogP contribution is 2.35. The van der Waals surface area contributed by atoms with Crippen LogP contribution in [0.2, 0.25) is 0 Å². The van der Waals surface area contributed by atoms with Crippen molar-refractivity contribution in [2.75, 3.05) is 10.6 Å². The number of rotatable bonds is 3. The van der Waals surface area contributed by atoms with Crippen LogP contribution in [-0.4, -0.2) is 16.2 Å². The van der Waals surface area contributed by atoms with Gasteiger partial charge in [0, 0.05) is 28.6 Å². The number of aryl methyl sites for hydroxylation is 1. The summed E-state index contributed by atoms with van der Waals surface area (Å²) in [4.78, 5) is 24.4. The van der Waals surface area contributed by atoms with E-state index < -0.39 is 17.6 Å². The van der Waals surface area contributed by atoms with Gasteiger partial charge in [-0.1, -0.05) is 12.1 Å². The molecule has 0 aliphatic carbocycles. The van der Waals surface area contributed by atoms with Crippen LogP contribution in [-0.2, 0) is 17.4 Å². The van der Waals surface area contributed by atoms with Crippen molar-refractivity contribution in [3.05, 3.63) is 64.5 Å². The SMILES string of the molecule is O=C1CCCc2cc(C(=O)Nc3csnc3-c3cccc(C(F)(F)F)c3)ccc2N1. The normalized spacial score (nSPS) is 13.9. The average Bonchev–Trinajstić information content (AvgIpc) is 3.08. The van der Waals surface area contributed by atoms with Crippen LogP contribution in [0, 0.1) is 0 Å². The molecule has 2 heterocycles. The molecule has 3 aromatic rings. The quantitative estimate of drug-likeness (QED) is 0.587. The van der Waals surface area contributed by atoms with Crippen molar-refractivity contribution >= 4 is 34.7 Å². The molecular weight excluding hydrogens is 415 g/mol. The maximum Gasteiger partial charge on any atom is 0.416 e. The minimum absolute atomic E-state index is 0.0546. The molecule has 0 atom stereocenters. The van der Waals surface area contributed by atoms with Crippen molar-refractivity contribution in [1.82, 2.24) is 4.37 Å². The highest BCUT2D eigenvalue weighted by Gasteiger charge is 2.30. The van der Waals surface area contributed by atoms with Gasteiger partial charge in [-0.2, -0.15) is 17.5 Å². The summed E-state index contributed by atoms with van der Waals surface area (Å²) in [5.41, 5.74) is 2.06. The van der Waals surface area contributed by atoms with Crippen LogP contribution >= 0.6 is 11.5 Å². The van der Waals surface area contributed by atoms with E-state index in [0.717, 1.165) is 29.2 Å². The van der Waals surface area contributed by atoms with Gasteiger partial charge in [0.15, 0.2) is 0 Å². The van der Waals surface area contributed by atoms with Crippen molar-refractivity contribution in [1.29, 1.82) is 0 Å². The number of amides is 2. The van der Waals surface area contributed by atoms with Crippen LogP contribution in [0.4, 0.5) is 24.5 Å². The third kappa shape index (κ3) is 4.20. The lowest BCUT2D eigenvalue weighted by Gasteiger charge is -2.11. The summed E-state index contributed by atoms with van der Waals surface area (Å²) in [6.07, 6.45) is -2.67. The summed E-state index contributed by atoms with van der Waals surface area (Å²) in [5.74, 6) is -0.456. The lowest BCUT2D eigenvalue weighted by Crippen LogP contribution is -2.13. The Morgan fingerprint density at radius 1 is 1.13 bits per heavy atom. The summed E-state index contributed by atoms with van der Waals surface area (Å²) < 4.78 is 43.2. The van der Waals surface area contributed by atoms with Gasteiger partial charge in [-0.15, -0.1) is 0 Å². The van der Waals surface area contributed by atoms with Crippen molar-refractivity contribution in [2.24, 2.45) is 0 Å². The molecule has 0 radical (unpaired) electrons.